The molecule has 4 fully saturated rings. The van der Waals surface area contributed by atoms with E-state index in [4.69, 9.17) is 93.3 Å². The van der Waals surface area contributed by atoms with Gasteiger partial charge in [0.05, 0.1) is 127 Å². The first-order chi connectivity index (χ1) is 21.3. The monoisotopic (exact) mass is 898 g/mol. The molecule has 0 unspecified atom stereocenters. The maximum absolute atomic E-state index is 9.83. The summed E-state index contributed by atoms with van der Waals surface area (Å²) < 4.78 is 39.1. The van der Waals surface area contributed by atoms with Crippen LogP contribution in [-0.4, -0.2) is 198 Å². The minimum absolute atomic E-state index is 0. The van der Waals surface area contributed by atoms with E-state index >= 15 is 0 Å². The molecule has 344 valence electrons. The van der Waals surface area contributed by atoms with Gasteiger partial charge in [0.25, 0.3) is 0 Å². The van der Waals surface area contributed by atoms with Crippen LogP contribution in [-0.2, 0) is 31.7 Å². The summed E-state index contributed by atoms with van der Waals surface area (Å²) in [4.78, 5) is 30.5. The summed E-state index contributed by atoms with van der Waals surface area (Å²) in [7, 11) is -5.98. The summed E-state index contributed by atoms with van der Waals surface area (Å²) in [5.41, 5.74) is -3.20. The normalized spacial score (nSPS) is 18.8. The van der Waals surface area contributed by atoms with Crippen LogP contribution in [0, 0.1) is 21.7 Å². The van der Waals surface area contributed by atoms with E-state index in [1.165, 1.54) is 0 Å². The minimum Gasteiger partial charge on any atom is -0.412 e. The highest BCUT2D eigenvalue weighted by Crippen LogP contribution is 2.52. The molecule has 25 nitrogen and oxygen atoms in total. The fourth-order valence-electron chi connectivity index (χ4n) is 2.39. The predicted molar refractivity (Wildman–Crippen MR) is 202 cm³/mol. The maximum atomic E-state index is 9.83. The number of fused-ring (bicyclic) bond motifs is 3. The summed E-state index contributed by atoms with van der Waals surface area (Å²) in [6.45, 7) is -1.29. The fraction of sp³-hybridized carbons (Fsp3) is 1.00. The Bertz CT molecular complexity index is 666. The summed E-state index contributed by atoms with van der Waals surface area (Å²) in [6, 6.07) is 0. The Hall–Kier alpha value is 0.430. The molecule has 0 saturated carbocycles. The molecule has 22 N–H and O–H groups in total. The van der Waals surface area contributed by atoms with Crippen molar-refractivity contribution in [2.75, 3.05) is 106 Å². The number of rotatable bonds is 13. The van der Waals surface area contributed by atoms with Gasteiger partial charge in [0.15, 0.2) is 0 Å². The van der Waals surface area contributed by atoms with Crippen LogP contribution in [0.3, 0.4) is 0 Å². The summed E-state index contributed by atoms with van der Waals surface area (Å²) in [6.07, 6.45) is 0. The predicted octanol–water partition coefficient (Wildman–Crippen LogP) is -4.32. The Balaban J connectivity index is -0.0000000466. The van der Waals surface area contributed by atoms with Crippen LogP contribution in [0.1, 0.15) is 37.1 Å². The smallest absolute Gasteiger partial charge is 0.332 e. The van der Waals surface area contributed by atoms with Crippen molar-refractivity contribution < 1.29 is 124 Å². The van der Waals surface area contributed by atoms with Crippen LogP contribution in [0.2, 0.25) is 0 Å². The average molecular weight is 899 g/mol. The third kappa shape index (κ3) is 32.4. The van der Waals surface area contributed by atoms with Crippen molar-refractivity contribution in [3.8, 4) is 0 Å². The van der Waals surface area contributed by atoms with Crippen LogP contribution < -0.4 is 0 Å². The van der Waals surface area contributed by atoms with Crippen LogP contribution in [0.5, 0.6) is 0 Å². The molecule has 0 radical (unpaired) electrons. The highest BCUT2D eigenvalue weighted by Gasteiger charge is 2.44. The van der Waals surface area contributed by atoms with E-state index in [0.29, 0.717) is 19.8 Å². The molecule has 0 aromatic rings. The Labute approximate surface area is 323 Å². The van der Waals surface area contributed by atoms with Crippen LogP contribution in [0.25, 0.3) is 0 Å². The van der Waals surface area contributed by atoms with E-state index in [9.17, 15) is 4.57 Å². The lowest BCUT2D eigenvalue weighted by molar-refractivity contribution is -0.0965. The molecule has 0 aliphatic carbocycles. The highest BCUT2D eigenvalue weighted by atomic mass is 31.2. The Morgan fingerprint density at radius 3 is 1.04 bits per heavy atom. The van der Waals surface area contributed by atoms with Gasteiger partial charge in [-0.2, -0.15) is 0 Å². The van der Waals surface area contributed by atoms with E-state index in [2.05, 4.69) is 4.52 Å². The van der Waals surface area contributed by atoms with Crippen LogP contribution in [0.4, 0.5) is 0 Å². The first kappa shape index (κ1) is 82.4. The quantitative estimate of drug-likeness (QED) is 0.0777. The van der Waals surface area contributed by atoms with Gasteiger partial charge in [-0.3, -0.25) is 4.52 Å². The van der Waals surface area contributed by atoms with Crippen LogP contribution >= 0.6 is 34.5 Å². The second-order valence-electron chi connectivity index (χ2n) is 10.0. The zero-order valence-corrected chi connectivity index (χ0v) is 29.8. The Morgan fingerprint density at radius 2 is 0.852 bits per heavy atom. The molecule has 54 heavy (non-hydrogen) atoms. The van der Waals surface area contributed by atoms with Crippen molar-refractivity contribution >= 4 is 34.5 Å². The molecule has 4 saturated heterocycles. The van der Waals surface area contributed by atoms with E-state index in [0.717, 1.165) is 0 Å². The lowest BCUT2D eigenvalue weighted by Crippen LogP contribution is -2.46. The number of aliphatic hydroxyl groups is 10. The SMILES string of the molecule is C.C.C.C.C.O.O.O.O.O=POCC(CO)(CO)CO.OCC(CO)(CO)CO.OCC1(CO)COP(O)OC1.OCC12COP(OC1)OC2.OP(O)O. The fourth-order valence-corrected chi connectivity index (χ4v) is 4.92. The van der Waals surface area contributed by atoms with Crippen molar-refractivity contribution in [3.05, 3.63) is 0 Å². The lowest BCUT2D eigenvalue weighted by atomic mass is 9.93. The zero-order valence-electron chi connectivity index (χ0n) is 26.2. The van der Waals surface area contributed by atoms with E-state index < -0.39 is 97.0 Å². The molecular weight excluding hydrogens is 824 g/mol. The first-order valence-corrected chi connectivity index (χ1v) is 16.8. The molecule has 0 spiro atoms. The van der Waals surface area contributed by atoms with Crippen molar-refractivity contribution in [1.82, 2.24) is 0 Å². The number of hydrogen-bond acceptors (Lipinski definition) is 21. The van der Waals surface area contributed by atoms with Crippen molar-refractivity contribution in [2.24, 2.45) is 21.7 Å². The molecular formula is C25H74O25P4. The third-order valence-corrected chi connectivity index (χ3v) is 8.12. The van der Waals surface area contributed by atoms with Crippen LogP contribution in [0.15, 0.2) is 0 Å². The molecule has 4 aliphatic heterocycles. The molecule has 4 aliphatic rings. The standard InChI is InChI=1S/2C5H11O5P.C5H9O4P.C5H12O4.5CH4.H3O3P.4H2O/c6-1-5(2-7)3-9-11(8)10-4-5;6-1-5(2-7,3-8)4-10-11-9;6-1-5-2-7-10(8-3-5)9-4-5;6-1-5(2-7,3-8)4-9;;;;;;1-4(2)3;;;;/h2*6-8H,1-4H2;6H,1-4H2;6-9H,1-4H2;5*1H4;1-3H;4*1H2. The van der Waals surface area contributed by atoms with Gasteiger partial charge >= 0.3 is 34.5 Å². The average Bonchev–Trinajstić information content (AvgIpc) is 3.09. The summed E-state index contributed by atoms with van der Waals surface area (Å²) in [5.74, 6) is 0. The summed E-state index contributed by atoms with van der Waals surface area (Å²) >= 11 is 0. The minimum atomic E-state index is -2.62. The van der Waals surface area contributed by atoms with Gasteiger partial charge < -0.3 is 115 Å². The maximum Gasteiger partial charge on any atom is 0.332 e. The second kappa shape index (κ2) is 46.1. The highest BCUT2D eigenvalue weighted by molar-refractivity contribution is 7.41. The van der Waals surface area contributed by atoms with E-state index in [1.807, 2.05) is 0 Å². The second-order valence-corrected chi connectivity index (χ2v) is 13.2. The van der Waals surface area contributed by atoms with Gasteiger partial charge in [0.1, 0.15) is 0 Å². The molecule has 0 amide bonds. The zero-order chi connectivity index (χ0) is 35.0. The molecule has 0 atom stereocenters. The molecule has 4 heterocycles. The molecule has 29 heteroatoms. The summed E-state index contributed by atoms with van der Waals surface area (Å²) in [5, 5.41) is 86.7. The van der Waals surface area contributed by atoms with Gasteiger partial charge in [-0.15, -0.1) is 0 Å². The van der Waals surface area contributed by atoms with Crippen molar-refractivity contribution in [1.29, 1.82) is 0 Å². The van der Waals surface area contributed by atoms with Gasteiger partial charge in [-0.1, -0.05) is 37.1 Å². The molecule has 4 rings (SSSR count). The Morgan fingerprint density at radius 1 is 0.556 bits per heavy atom. The molecule has 2 bridgehead atoms. The van der Waals surface area contributed by atoms with Gasteiger partial charge in [0, 0.05) is 0 Å². The van der Waals surface area contributed by atoms with Gasteiger partial charge in [-0.25, -0.2) is 4.57 Å². The third-order valence-electron chi connectivity index (χ3n) is 6.17. The Kier molecular flexibility index (Phi) is 70.4. The first-order valence-electron chi connectivity index (χ1n) is 12.6. The molecule has 0 aromatic carbocycles. The van der Waals surface area contributed by atoms with Gasteiger partial charge in [-0.05, 0) is 0 Å². The number of aliphatic hydroxyl groups excluding tert-OH is 10. The molecule has 0 aromatic heterocycles. The topological polar surface area (TPSA) is 482 Å². The number of hydrogen-bond donors (Lipinski definition) is 14. The lowest BCUT2D eigenvalue weighted by Gasteiger charge is -2.42. The van der Waals surface area contributed by atoms with Crippen molar-refractivity contribution in [3.63, 3.8) is 0 Å². The van der Waals surface area contributed by atoms with E-state index in [-0.39, 0.29) is 104 Å². The van der Waals surface area contributed by atoms with E-state index in [1.54, 1.807) is 0 Å². The largest absolute Gasteiger partial charge is 0.412 e. The van der Waals surface area contributed by atoms with Crippen molar-refractivity contribution in [2.45, 2.75) is 37.1 Å². The van der Waals surface area contributed by atoms with Gasteiger partial charge in [0.2, 0.25) is 0 Å².